The summed E-state index contributed by atoms with van der Waals surface area (Å²) in [4.78, 5) is 10.8. The summed E-state index contributed by atoms with van der Waals surface area (Å²) in [5.41, 5.74) is 1.28. The zero-order valence-corrected chi connectivity index (χ0v) is 14.4. The number of nitrogens with one attached hydrogen (secondary N) is 1. The van der Waals surface area contributed by atoms with Crippen molar-refractivity contribution in [1.29, 1.82) is 0 Å². The van der Waals surface area contributed by atoms with E-state index < -0.39 is 0 Å². The second-order valence-electron chi connectivity index (χ2n) is 6.09. The number of benzene rings is 1. The molecule has 0 radical (unpaired) electrons. The second-order valence-corrected chi connectivity index (χ2v) is 6.53. The first-order valence-corrected chi connectivity index (χ1v) is 8.82. The van der Waals surface area contributed by atoms with Crippen LogP contribution >= 0.6 is 11.6 Å². The van der Waals surface area contributed by atoms with Crippen LogP contribution in [0.2, 0.25) is 5.02 Å². The van der Waals surface area contributed by atoms with Gasteiger partial charge in [-0.15, -0.1) is 0 Å². The molecule has 5 nitrogen and oxygen atoms in total. The third-order valence-corrected chi connectivity index (χ3v) is 4.65. The van der Waals surface area contributed by atoms with E-state index in [1.165, 1.54) is 5.56 Å². The Hall–Kier alpha value is -1.85. The Morgan fingerprint density at radius 3 is 2.88 bits per heavy atom. The molecule has 2 heterocycles. The number of nitrogens with zero attached hydrogens (tertiary/aromatic N) is 3. The maximum absolute atomic E-state index is 9.46. The van der Waals surface area contributed by atoms with Gasteiger partial charge in [-0.3, -0.25) is 0 Å². The molecule has 0 saturated carbocycles. The van der Waals surface area contributed by atoms with Gasteiger partial charge in [0.15, 0.2) is 0 Å². The van der Waals surface area contributed by atoms with Gasteiger partial charge in [-0.05, 0) is 43.4 Å². The van der Waals surface area contributed by atoms with Crippen LogP contribution in [0.25, 0.3) is 0 Å². The SMILES string of the molecule is OCC1CCCN1c1cc(NCCCc2ccc(Cl)cc2)ncn1. The van der Waals surface area contributed by atoms with Gasteiger partial charge in [0, 0.05) is 24.2 Å². The Bertz CT molecular complexity index is 650. The third kappa shape index (κ3) is 4.36. The monoisotopic (exact) mass is 346 g/mol. The van der Waals surface area contributed by atoms with Gasteiger partial charge in [0.05, 0.1) is 12.6 Å². The van der Waals surface area contributed by atoms with Crippen molar-refractivity contribution in [2.45, 2.75) is 31.7 Å². The molecule has 1 saturated heterocycles. The van der Waals surface area contributed by atoms with Crippen molar-refractivity contribution < 1.29 is 5.11 Å². The maximum atomic E-state index is 9.46. The average molecular weight is 347 g/mol. The van der Waals surface area contributed by atoms with Crippen molar-refractivity contribution in [3.8, 4) is 0 Å². The molecule has 0 aliphatic carbocycles. The lowest BCUT2D eigenvalue weighted by molar-refractivity contribution is 0.266. The van der Waals surface area contributed by atoms with Crippen molar-refractivity contribution in [1.82, 2.24) is 9.97 Å². The first-order valence-electron chi connectivity index (χ1n) is 8.44. The highest BCUT2D eigenvalue weighted by atomic mass is 35.5. The van der Waals surface area contributed by atoms with Gasteiger partial charge < -0.3 is 15.3 Å². The summed E-state index contributed by atoms with van der Waals surface area (Å²) in [7, 11) is 0. The minimum absolute atomic E-state index is 0.174. The zero-order chi connectivity index (χ0) is 16.8. The highest BCUT2D eigenvalue weighted by Gasteiger charge is 2.25. The van der Waals surface area contributed by atoms with Crippen molar-refractivity contribution in [2.24, 2.45) is 0 Å². The molecule has 1 aromatic carbocycles. The number of hydrogen-bond acceptors (Lipinski definition) is 5. The van der Waals surface area contributed by atoms with Gasteiger partial charge in [0.25, 0.3) is 0 Å². The number of hydrogen-bond donors (Lipinski definition) is 2. The number of aliphatic hydroxyl groups excluding tert-OH is 1. The second kappa shape index (κ2) is 8.31. The molecule has 6 heteroatoms. The van der Waals surface area contributed by atoms with Gasteiger partial charge in [-0.1, -0.05) is 23.7 Å². The van der Waals surface area contributed by atoms with Crippen molar-refractivity contribution in [2.75, 3.05) is 29.9 Å². The predicted molar refractivity (Wildman–Crippen MR) is 97.7 cm³/mol. The molecule has 1 aliphatic heterocycles. The van der Waals surface area contributed by atoms with Gasteiger partial charge in [-0.2, -0.15) is 0 Å². The van der Waals surface area contributed by atoms with Crippen LogP contribution in [0.15, 0.2) is 36.7 Å². The first-order chi connectivity index (χ1) is 11.8. The number of aromatic nitrogens is 2. The summed E-state index contributed by atoms with van der Waals surface area (Å²) >= 11 is 5.90. The largest absolute Gasteiger partial charge is 0.394 e. The topological polar surface area (TPSA) is 61.3 Å². The average Bonchev–Trinajstić information content (AvgIpc) is 3.09. The van der Waals surface area contributed by atoms with E-state index in [9.17, 15) is 5.11 Å². The highest BCUT2D eigenvalue weighted by Crippen LogP contribution is 2.24. The normalized spacial score (nSPS) is 17.2. The smallest absolute Gasteiger partial charge is 0.134 e. The molecule has 128 valence electrons. The summed E-state index contributed by atoms with van der Waals surface area (Å²) in [5, 5.41) is 13.6. The quantitative estimate of drug-likeness (QED) is 0.754. The van der Waals surface area contributed by atoms with E-state index >= 15 is 0 Å². The van der Waals surface area contributed by atoms with Crippen molar-refractivity contribution in [3.05, 3.63) is 47.2 Å². The third-order valence-electron chi connectivity index (χ3n) is 4.40. The lowest BCUT2D eigenvalue weighted by Gasteiger charge is -2.24. The molecule has 1 fully saturated rings. The molecule has 24 heavy (non-hydrogen) atoms. The van der Waals surface area contributed by atoms with Gasteiger partial charge in [0.1, 0.15) is 18.0 Å². The van der Waals surface area contributed by atoms with Crippen molar-refractivity contribution in [3.63, 3.8) is 0 Å². The first kappa shape index (κ1) is 17.0. The van der Waals surface area contributed by atoms with E-state index in [0.717, 1.165) is 55.4 Å². The molecule has 0 bridgehead atoms. The minimum atomic E-state index is 0.174. The van der Waals surface area contributed by atoms with Crippen LogP contribution in [0.4, 0.5) is 11.6 Å². The Labute approximate surface area is 147 Å². The van der Waals surface area contributed by atoms with Crippen LogP contribution in [0.5, 0.6) is 0 Å². The molecule has 1 unspecified atom stereocenters. The number of rotatable bonds is 7. The summed E-state index contributed by atoms with van der Waals surface area (Å²) in [6, 6.07) is 10.1. The molecule has 0 spiro atoms. The molecule has 2 aromatic rings. The highest BCUT2D eigenvalue weighted by molar-refractivity contribution is 6.30. The van der Waals surface area contributed by atoms with E-state index in [2.05, 4.69) is 32.3 Å². The molecule has 1 aliphatic rings. The van der Waals surface area contributed by atoms with Crippen LogP contribution in [0.3, 0.4) is 0 Å². The van der Waals surface area contributed by atoms with E-state index in [1.807, 2.05) is 18.2 Å². The van der Waals surface area contributed by atoms with E-state index in [1.54, 1.807) is 6.33 Å². The number of aryl methyl sites for hydroxylation is 1. The lowest BCUT2D eigenvalue weighted by atomic mass is 10.1. The van der Waals surface area contributed by atoms with Gasteiger partial charge >= 0.3 is 0 Å². The Morgan fingerprint density at radius 1 is 1.25 bits per heavy atom. The Morgan fingerprint density at radius 2 is 2.08 bits per heavy atom. The Kier molecular flexibility index (Phi) is 5.88. The molecular weight excluding hydrogens is 324 g/mol. The molecular formula is C18H23ClN4O. The van der Waals surface area contributed by atoms with Crippen LogP contribution in [-0.4, -0.2) is 40.8 Å². The predicted octanol–water partition coefficient (Wildman–Crippen LogP) is 3.14. The van der Waals surface area contributed by atoms with E-state index in [-0.39, 0.29) is 12.6 Å². The maximum Gasteiger partial charge on any atom is 0.134 e. The van der Waals surface area contributed by atoms with Gasteiger partial charge in [0.2, 0.25) is 0 Å². The molecule has 3 rings (SSSR count). The summed E-state index contributed by atoms with van der Waals surface area (Å²) < 4.78 is 0. The molecule has 1 aromatic heterocycles. The molecule has 2 N–H and O–H groups in total. The fraction of sp³-hybridized carbons (Fsp3) is 0.444. The van der Waals surface area contributed by atoms with Crippen molar-refractivity contribution >= 4 is 23.2 Å². The number of halogens is 1. The Balaban J connectivity index is 1.50. The van der Waals surface area contributed by atoms with E-state index in [0.29, 0.717) is 0 Å². The summed E-state index contributed by atoms with van der Waals surface area (Å²) in [6.07, 6.45) is 5.72. The number of aliphatic hydroxyl groups is 1. The fourth-order valence-corrected chi connectivity index (χ4v) is 3.21. The van der Waals surface area contributed by atoms with Crippen LogP contribution < -0.4 is 10.2 Å². The van der Waals surface area contributed by atoms with Gasteiger partial charge in [-0.25, -0.2) is 9.97 Å². The summed E-state index contributed by atoms with van der Waals surface area (Å²) in [6.45, 7) is 1.97. The van der Waals surface area contributed by atoms with Crippen LogP contribution in [-0.2, 0) is 6.42 Å². The van der Waals surface area contributed by atoms with Crippen LogP contribution in [0, 0.1) is 0 Å². The summed E-state index contributed by atoms with van der Waals surface area (Å²) in [5.74, 6) is 1.72. The zero-order valence-electron chi connectivity index (χ0n) is 13.7. The van der Waals surface area contributed by atoms with E-state index in [4.69, 9.17) is 11.6 Å². The fourth-order valence-electron chi connectivity index (χ4n) is 3.09. The van der Waals surface area contributed by atoms with Crippen LogP contribution in [0.1, 0.15) is 24.8 Å². The lowest BCUT2D eigenvalue weighted by Crippen LogP contribution is -2.32. The molecule has 0 amide bonds. The minimum Gasteiger partial charge on any atom is -0.394 e. The number of anilines is 2. The standard InChI is InChI=1S/C18H23ClN4O/c19-15-7-5-14(6-8-15)3-1-9-20-17-11-18(22-13-21-17)23-10-2-4-16(23)12-24/h5-8,11,13,16,24H,1-4,9-10,12H2,(H,20,21,22). The molecule has 1 atom stereocenters.